The zero-order valence-corrected chi connectivity index (χ0v) is 10.1. The average Bonchev–Trinajstić information content (AvgIpc) is 3.01. The highest BCUT2D eigenvalue weighted by molar-refractivity contribution is 5.56. The fraction of sp³-hybridized carbons (Fsp3) is 0.357. The summed E-state index contributed by atoms with van der Waals surface area (Å²) in [6.07, 6.45) is 4.16. The predicted octanol–water partition coefficient (Wildman–Crippen LogP) is 3.08. The van der Waals surface area contributed by atoms with Gasteiger partial charge in [-0.2, -0.15) is 0 Å². The lowest BCUT2D eigenvalue weighted by Gasteiger charge is -2.10. The van der Waals surface area contributed by atoms with E-state index >= 15 is 0 Å². The van der Waals surface area contributed by atoms with Crippen molar-refractivity contribution in [3.8, 4) is 11.3 Å². The third kappa shape index (κ3) is 2.43. The first-order chi connectivity index (χ1) is 8.81. The number of likely N-dealkylation sites (tertiary alicyclic amines) is 1. The van der Waals surface area contributed by atoms with E-state index in [1.54, 1.807) is 12.3 Å². The molecule has 18 heavy (non-hydrogen) atoms. The summed E-state index contributed by atoms with van der Waals surface area (Å²) in [6, 6.07) is 6.38. The molecule has 0 N–H and O–H groups in total. The van der Waals surface area contributed by atoms with Crippen LogP contribution in [0, 0.1) is 5.82 Å². The molecule has 0 bridgehead atoms. The second-order valence-electron chi connectivity index (χ2n) is 4.61. The lowest BCUT2D eigenvalue weighted by atomic mass is 10.2. The van der Waals surface area contributed by atoms with Crippen LogP contribution in [0.3, 0.4) is 0 Å². The lowest BCUT2D eigenvalue weighted by molar-refractivity contribution is 0.292. The first-order valence-electron chi connectivity index (χ1n) is 6.24. The van der Waals surface area contributed by atoms with Gasteiger partial charge < -0.3 is 4.42 Å². The van der Waals surface area contributed by atoms with Crippen molar-refractivity contribution in [1.29, 1.82) is 0 Å². The smallest absolute Gasteiger partial charge is 0.209 e. The fourth-order valence-corrected chi connectivity index (χ4v) is 2.29. The van der Waals surface area contributed by atoms with Gasteiger partial charge in [0.05, 0.1) is 12.7 Å². The maximum absolute atomic E-state index is 13.1. The van der Waals surface area contributed by atoms with E-state index in [0.29, 0.717) is 11.7 Å². The Morgan fingerprint density at radius 2 is 2.11 bits per heavy atom. The van der Waals surface area contributed by atoms with Gasteiger partial charge in [0, 0.05) is 5.56 Å². The Hall–Kier alpha value is -1.68. The summed E-state index contributed by atoms with van der Waals surface area (Å²) in [5, 5.41) is 0. The summed E-state index contributed by atoms with van der Waals surface area (Å²) in [6.45, 7) is 2.96. The van der Waals surface area contributed by atoms with Gasteiger partial charge in [-0.15, -0.1) is 0 Å². The van der Waals surface area contributed by atoms with E-state index < -0.39 is 0 Å². The third-order valence-corrected chi connectivity index (χ3v) is 3.22. The van der Waals surface area contributed by atoms with Crippen molar-refractivity contribution < 1.29 is 8.81 Å². The number of rotatable bonds is 3. The van der Waals surface area contributed by atoms with Crippen LogP contribution in [0.5, 0.6) is 0 Å². The maximum atomic E-state index is 13.1. The fourth-order valence-electron chi connectivity index (χ4n) is 2.29. The van der Waals surface area contributed by atoms with Gasteiger partial charge in [-0.25, -0.2) is 9.37 Å². The molecule has 1 aromatic heterocycles. The molecule has 0 saturated carbocycles. The molecule has 1 fully saturated rings. The molecule has 1 saturated heterocycles. The summed E-state index contributed by atoms with van der Waals surface area (Å²) in [5.74, 6) is 1.07. The van der Waals surface area contributed by atoms with E-state index in [1.807, 2.05) is 6.07 Å². The molecule has 3 nitrogen and oxygen atoms in total. The minimum atomic E-state index is -0.259. The van der Waals surface area contributed by atoms with Crippen LogP contribution in [0.15, 0.2) is 34.9 Å². The monoisotopic (exact) mass is 246 g/mol. The van der Waals surface area contributed by atoms with E-state index in [2.05, 4.69) is 9.88 Å². The number of aromatic nitrogens is 1. The Kier molecular flexibility index (Phi) is 3.11. The number of benzene rings is 1. The standard InChI is InChI=1S/C14H15FN2O/c15-12-5-3-4-11(8-12)13-9-16-14(18-13)10-17-6-1-2-7-17/h3-5,8-9H,1-2,6-7,10H2. The van der Waals surface area contributed by atoms with Crippen LogP contribution in [0.2, 0.25) is 0 Å². The summed E-state index contributed by atoms with van der Waals surface area (Å²) in [7, 11) is 0. The summed E-state index contributed by atoms with van der Waals surface area (Å²) < 4.78 is 18.8. The molecule has 0 unspecified atom stereocenters. The predicted molar refractivity (Wildman–Crippen MR) is 66.4 cm³/mol. The van der Waals surface area contributed by atoms with Crippen molar-refractivity contribution >= 4 is 0 Å². The Labute approximate surface area is 105 Å². The Morgan fingerprint density at radius 3 is 2.89 bits per heavy atom. The van der Waals surface area contributed by atoms with Gasteiger partial charge in [0.25, 0.3) is 0 Å². The van der Waals surface area contributed by atoms with E-state index in [4.69, 9.17) is 4.42 Å². The highest BCUT2D eigenvalue weighted by Gasteiger charge is 2.15. The topological polar surface area (TPSA) is 29.3 Å². The molecule has 94 valence electrons. The van der Waals surface area contributed by atoms with Crippen molar-refractivity contribution in [3.63, 3.8) is 0 Å². The Morgan fingerprint density at radius 1 is 1.28 bits per heavy atom. The van der Waals surface area contributed by atoms with Crippen molar-refractivity contribution in [2.45, 2.75) is 19.4 Å². The van der Waals surface area contributed by atoms with Gasteiger partial charge in [0.1, 0.15) is 5.82 Å². The molecule has 2 aromatic rings. The molecule has 2 heterocycles. The molecule has 0 atom stereocenters. The van der Waals surface area contributed by atoms with Crippen molar-refractivity contribution in [2.75, 3.05) is 13.1 Å². The molecule has 1 aliphatic heterocycles. The van der Waals surface area contributed by atoms with Crippen molar-refractivity contribution in [2.24, 2.45) is 0 Å². The lowest BCUT2D eigenvalue weighted by Crippen LogP contribution is -2.18. The minimum Gasteiger partial charge on any atom is -0.439 e. The number of hydrogen-bond acceptors (Lipinski definition) is 3. The van der Waals surface area contributed by atoms with Gasteiger partial charge in [0.15, 0.2) is 5.76 Å². The summed E-state index contributed by atoms with van der Waals surface area (Å²) in [4.78, 5) is 6.58. The molecule has 1 aliphatic rings. The molecule has 3 rings (SSSR count). The molecular formula is C14H15FN2O. The first-order valence-corrected chi connectivity index (χ1v) is 6.24. The average molecular weight is 246 g/mol. The number of oxazole rings is 1. The van der Waals surface area contributed by atoms with Crippen molar-refractivity contribution in [3.05, 3.63) is 42.2 Å². The minimum absolute atomic E-state index is 0.259. The van der Waals surface area contributed by atoms with Gasteiger partial charge in [-0.05, 0) is 38.1 Å². The van der Waals surface area contributed by atoms with E-state index in [0.717, 1.165) is 25.2 Å². The maximum Gasteiger partial charge on any atom is 0.209 e. The van der Waals surface area contributed by atoms with Crippen LogP contribution in [-0.2, 0) is 6.54 Å². The van der Waals surface area contributed by atoms with Gasteiger partial charge in [-0.3, -0.25) is 4.90 Å². The number of halogens is 1. The van der Waals surface area contributed by atoms with Crippen LogP contribution < -0.4 is 0 Å². The molecule has 4 heteroatoms. The van der Waals surface area contributed by atoms with E-state index in [1.165, 1.54) is 25.0 Å². The molecule has 0 aliphatic carbocycles. The first kappa shape index (κ1) is 11.4. The Bertz CT molecular complexity index is 532. The van der Waals surface area contributed by atoms with Crippen LogP contribution in [-0.4, -0.2) is 23.0 Å². The number of hydrogen-bond donors (Lipinski definition) is 0. The zero-order valence-electron chi connectivity index (χ0n) is 10.1. The normalized spacial score (nSPS) is 16.3. The highest BCUT2D eigenvalue weighted by Crippen LogP contribution is 2.22. The summed E-state index contributed by atoms with van der Waals surface area (Å²) >= 11 is 0. The van der Waals surface area contributed by atoms with Crippen molar-refractivity contribution in [1.82, 2.24) is 9.88 Å². The van der Waals surface area contributed by atoms with Crippen LogP contribution in [0.1, 0.15) is 18.7 Å². The Balaban J connectivity index is 1.76. The second kappa shape index (κ2) is 4.90. The van der Waals surface area contributed by atoms with Crippen LogP contribution in [0.25, 0.3) is 11.3 Å². The number of nitrogens with zero attached hydrogens (tertiary/aromatic N) is 2. The summed E-state index contributed by atoms with van der Waals surface area (Å²) in [5.41, 5.74) is 0.732. The SMILES string of the molecule is Fc1cccc(-c2cnc(CN3CCCC3)o2)c1. The molecule has 0 radical (unpaired) electrons. The molecule has 1 aromatic carbocycles. The van der Waals surface area contributed by atoms with Gasteiger partial charge >= 0.3 is 0 Å². The van der Waals surface area contributed by atoms with E-state index in [-0.39, 0.29) is 5.82 Å². The third-order valence-electron chi connectivity index (χ3n) is 3.22. The van der Waals surface area contributed by atoms with Crippen LogP contribution >= 0.6 is 0 Å². The van der Waals surface area contributed by atoms with Gasteiger partial charge in [-0.1, -0.05) is 12.1 Å². The largest absolute Gasteiger partial charge is 0.439 e. The van der Waals surface area contributed by atoms with Crippen LogP contribution in [0.4, 0.5) is 4.39 Å². The quantitative estimate of drug-likeness (QED) is 0.833. The molecule has 0 amide bonds. The molecular weight excluding hydrogens is 231 g/mol. The molecule has 0 spiro atoms. The highest BCUT2D eigenvalue weighted by atomic mass is 19.1. The van der Waals surface area contributed by atoms with Gasteiger partial charge in [0.2, 0.25) is 5.89 Å². The van der Waals surface area contributed by atoms with E-state index in [9.17, 15) is 4.39 Å². The zero-order chi connectivity index (χ0) is 12.4. The second-order valence-corrected chi connectivity index (χ2v) is 4.61.